The first-order valence-electron chi connectivity index (χ1n) is 9.16. The smallest absolute Gasteiger partial charge is 0.191 e. The molecule has 1 aromatic heterocycles. The lowest BCUT2D eigenvalue weighted by Crippen LogP contribution is -2.12. The van der Waals surface area contributed by atoms with Crippen molar-refractivity contribution in [3.63, 3.8) is 0 Å². The second kappa shape index (κ2) is 9.29. The van der Waals surface area contributed by atoms with Gasteiger partial charge in [0.25, 0.3) is 0 Å². The van der Waals surface area contributed by atoms with Crippen molar-refractivity contribution in [3.8, 4) is 5.75 Å². The summed E-state index contributed by atoms with van der Waals surface area (Å²) in [4.78, 5) is 0. The lowest BCUT2D eigenvalue weighted by atomic mass is 10.2. The monoisotopic (exact) mass is 401 g/mol. The van der Waals surface area contributed by atoms with Crippen LogP contribution in [0.25, 0.3) is 0 Å². The minimum Gasteiger partial charge on any atom is -0.483 e. The Bertz CT molecular complexity index is 879. The maximum atomic E-state index is 6.08. The van der Waals surface area contributed by atoms with Gasteiger partial charge in [0.1, 0.15) is 5.75 Å². The van der Waals surface area contributed by atoms with Gasteiger partial charge in [0.05, 0.1) is 0 Å². The zero-order chi connectivity index (χ0) is 19.2. The number of hydrogen-bond donors (Lipinski definition) is 0. The Hall–Kier alpha value is -1.98. The molecule has 0 saturated heterocycles. The molecule has 0 N–H and O–H groups in total. The van der Waals surface area contributed by atoms with Gasteiger partial charge in [-0.05, 0) is 55.7 Å². The van der Waals surface area contributed by atoms with Gasteiger partial charge in [-0.2, -0.15) is 0 Å². The van der Waals surface area contributed by atoms with Gasteiger partial charge in [0, 0.05) is 17.3 Å². The zero-order valence-corrected chi connectivity index (χ0v) is 17.4. The first-order valence-corrected chi connectivity index (χ1v) is 10.5. The highest BCUT2D eigenvalue weighted by Gasteiger charge is 2.18. The van der Waals surface area contributed by atoms with Crippen LogP contribution < -0.4 is 4.74 Å². The number of rotatable bonds is 8. The van der Waals surface area contributed by atoms with Crippen LogP contribution in [0.3, 0.4) is 0 Å². The van der Waals surface area contributed by atoms with E-state index >= 15 is 0 Å². The Morgan fingerprint density at radius 3 is 2.52 bits per heavy atom. The number of benzene rings is 2. The van der Waals surface area contributed by atoms with E-state index in [2.05, 4.69) is 46.8 Å². The summed E-state index contributed by atoms with van der Waals surface area (Å²) >= 11 is 7.73. The van der Waals surface area contributed by atoms with Gasteiger partial charge in [-0.3, -0.25) is 0 Å². The number of halogens is 1. The molecule has 4 nitrogen and oxygen atoms in total. The first-order chi connectivity index (χ1) is 13.1. The highest BCUT2D eigenvalue weighted by atomic mass is 35.5. The summed E-state index contributed by atoms with van der Waals surface area (Å²) in [5.41, 5.74) is 2.46. The predicted molar refractivity (Wildman–Crippen MR) is 112 cm³/mol. The van der Waals surface area contributed by atoms with E-state index in [0.29, 0.717) is 0 Å². The molecule has 0 saturated carbocycles. The normalized spacial score (nSPS) is 12.1. The quantitative estimate of drug-likeness (QED) is 0.437. The molecule has 0 amide bonds. The SMILES string of the molecule is CCc1ccc(OC(C)c2nnc(SCc3cccc(Cl)c3)n2CC)cc1. The molecule has 0 spiro atoms. The lowest BCUT2D eigenvalue weighted by molar-refractivity contribution is 0.210. The second-order valence-electron chi connectivity index (χ2n) is 6.26. The molecule has 1 atom stereocenters. The van der Waals surface area contributed by atoms with E-state index in [1.807, 2.05) is 37.3 Å². The Morgan fingerprint density at radius 1 is 1.07 bits per heavy atom. The molecule has 0 fully saturated rings. The molecule has 2 aromatic carbocycles. The van der Waals surface area contributed by atoms with E-state index in [4.69, 9.17) is 16.3 Å². The third-order valence-corrected chi connectivity index (χ3v) is 5.60. The van der Waals surface area contributed by atoms with Crippen LogP contribution in [0.1, 0.15) is 43.8 Å². The van der Waals surface area contributed by atoms with Gasteiger partial charge in [-0.25, -0.2) is 0 Å². The fraction of sp³-hybridized carbons (Fsp3) is 0.333. The highest BCUT2D eigenvalue weighted by molar-refractivity contribution is 7.98. The van der Waals surface area contributed by atoms with E-state index < -0.39 is 0 Å². The third kappa shape index (κ3) is 5.05. The van der Waals surface area contributed by atoms with Crippen LogP contribution in [0.5, 0.6) is 5.75 Å². The van der Waals surface area contributed by atoms with Crippen molar-refractivity contribution < 1.29 is 4.74 Å². The Labute approximate surface area is 169 Å². The van der Waals surface area contributed by atoms with Crippen LogP contribution in [-0.2, 0) is 18.7 Å². The molecule has 6 heteroatoms. The van der Waals surface area contributed by atoms with Crippen LogP contribution >= 0.6 is 23.4 Å². The third-order valence-electron chi connectivity index (χ3n) is 4.33. The summed E-state index contributed by atoms with van der Waals surface area (Å²) in [5.74, 6) is 2.48. The number of ether oxygens (including phenoxy) is 1. The van der Waals surface area contributed by atoms with Crippen LogP contribution in [0.2, 0.25) is 5.02 Å². The minimum absolute atomic E-state index is 0.176. The van der Waals surface area contributed by atoms with Crippen molar-refractivity contribution in [2.75, 3.05) is 0 Å². The average molecular weight is 402 g/mol. The molecule has 0 aliphatic rings. The first kappa shape index (κ1) is 19.8. The van der Waals surface area contributed by atoms with Crippen molar-refractivity contribution in [1.29, 1.82) is 0 Å². The summed E-state index contributed by atoms with van der Waals surface area (Å²) in [5, 5.41) is 10.4. The van der Waals surface area contributed by atoms with Gasteiger partial charge in [-0.15, -0.1) is 10.2 Å². The number of hydrogen-bond acceptors (Lipinski definition) is 4. The highest BCUT2D eigenvalue weighted by Crippen LogP contribution is 2.27. The number of nitrogens with zero attached hydrogens (tertiary/aromatic N) is 3. The second-order valence-corrected chi connectivity index (χ2v) is 7.64. The van der Waals surface area contributed by atoms with Crippen molar-refractivity contribution >= 4 is 23.4 Å². The van der Waals surface area contributed by atoms with Gasteiger partial charge in [0.2, 0.25) is 0 Å². The summed E-state index contributed by atoms with van der Waals surface area (Å²) in [6, 6.07) is 16.1. The molecule has 1 unspecified atom stereocenters. The molecule has 142 valence electrons. The minimum atomic E-state index is -0.176. The average Bonchev–Trinajstić information content (AvgIpc) is 3.10. The maximum absolute atomic E-state index is 6.08. The topological polar surface area (TPSA) is 39.9 Å². The lowest BCUT2D eigenvalue weighted by Gasteiger charge is -2.16. The molecular weight excluding hydrogens is 378 g/mol. The zero-order valence-electron chi connectivity index (χ0n) is 15.9. The van der Waals surface area contributed by atoms with E-state index in [0.717, 1.165) is 40.5 Å². The van der Waals surface area contributed by atoms with Gasteiger partial charge in [-0.1, -0.05) is 54.6 Å². The molecule has 27 heavy (non-hydrogen) atoms. The Balaban J connectivity index is 1.70. The van der Waals surface area contributed by atoms with E-state index in [1.54, 1.807) is 11.8 Å². The molecule has 0 aliphatic heterocycles. The van der Waals surface area contributed by atoms with E-state index in [9.17, 15) is 0 Å². The molecule has 3 aromatic rings. The van der Waals surface area contributed by atoms with Gasteiger partial charge >= 0.3 is 0 Å². The van der Waals surface area contributed by atoms with Crippen molar-refractivity contribution in [2.45, 2.75) is 50.8 Å². The van der Waals surface area contributed by atoms with Gasteiger partial charge in [0.15, 0.2) is 17.1 Å². The molecule has 3 rings (SSSR count). The van der Waals surface area contributed by atoms with Crippen molar-refractivity contribution in [1.82, 2.24) is 14.8 Å². The van der Waals surface area contributed by atoms with E-state index in [1.165, 1.54) is 11.1 Å². The molecule has 0 aliphatic carbocycles. The molecule has 0 radical (unpaired) electrons. The summed E-state index contributed by atoms with van der Waals surface area (Å²) < 4.78 is 8.20. The maximum Gasteiger partial charge on any atom is 0.191 e. The van der Waals surface area contributed by atoms with Crippen LogP contribution in [-0.4, -0.2) is 14.8 Å². The Morgan fingerprint density at radius 2 is 1.85 bits per heavy atom. The molecular formula is C21H24ClN3OS. The number of aromatic nitrogens is 3. The standard InChI is InChI=1S/C21H24ClN3OS/c1-4-16-9-11-19(12-10-16)26-15(3)20-23-24-21(25(20)5-2)27-14-17-7-6-8-18(22)13-17/h6-13,15H,4-5,14H2,1-3H3. The molecule has 0 bridgehead atoms. The largest absolute Gasteiger partial charge is 0.483 e. The van der Waals surface area contributed by atoms with Crippen LogP contribution in [0, 0.1) is 0 Å². The van der Waals surface area contributed by atoms with Crippen molar-refractivity contribution in [3.05, 3.63) is 70.5 Å². The fourth-order valence-corrected chi connectivity index (χ4v) is 4.01. The summed E-state index contributed by atoms with van der Waals surface area (Å²) in [6.07, 6.45) is 0.846. The predicted octanol–water partition coefficient (Wildman–Crippen LogP) is 5.95. The summed E-state index contributed by atoms with van der Waals surface area (Å²) in [6.45, 7) is 7.04. The van der Waals surface area contributed by atoms with Gasteiger partial charge < -0.3 is 9.30 Å². The number of aryl methyl sites for hydroxylation is 1. The van der Waals surface area contributed by atoms with Crippen molar-refractivity contribution in [2.24, 2.45) is 0 Å². The van der Waals surface area contributed by atoms with Crippen LogP contribution in [0.4, 0.5) is 0 Å². The fourth-order valence-electron chi connectivity index (χ4n) is 2.84. The Kier molecular flexibility index (Phi) is 6.80. The van der Waals surface area contributed by atoms with E-state index in [-0.39, 0.29) is 6.10 Å². The molecule has 1 heterocycles. The number of thioether (sulfide) groups is 1. The van der Waals surface area contributed by atoms with Crippen LogP contribution in [0.15, 0.2) is 53.7 Å². The summed E-state index contributed by atoms with van der Waals surface area (Å²) in [7, 11) is 0.